The summed E-state index contributed by atoms with van der Waals surface area (Å²) in [4.78, 5) is 16.2. The van der Waals surface area contributed by atoms with Crippen LogP contribution >= 0.6 is 11.6 Å². The summed E-state index contributed by atoms with van der Waals surface area (Å²) >= 11 is 5.98. The summed E-state index contributed by atoms with van der Waals surface area (Å²) < 4.78 is 22.9. The highest BCUT2D eigenvalue weighted by Gasteiger charge is 2.29. The molecular weight excluding hydrogens is 443 g/mol. The number of hydrogen-bond acceptors (Lipinski definition) is 6. The maximum Gasteiger partial charge on any atom is 0.134 e. The molecule has 3 aromatic heterocycles. The summed E-state index contributed by atoms with van der Waals surface area (Å²) in [5.41, 5.74) is 3.88. The largest absolute Gasteiger partial charge is 0.370 e. The van der Waals surface area contributed by atoms with E-state index in [4.69, 9.17) is 21.3 Å². The molecule has 4 heterocycles. The van der Waals surface area contributed by atoms with Gasteiger partial charge in [-0.2, -0.15) is 5.10 Å². The first-order valence-electron chi connectivity index (χ1n) is 11.1. The predicted octanol–water partition coefficient (Wildman–Crippen LogP) is 4.90. The number of benzene rings is 1. The minimum absolute atomic E-state index is 0.108. The molecule has 0 spiro atoms. The summed E-state index contributed by atoms with van der Waals surface area (Å²) in [5, 5.41) is 4.84. The van der Waals surface area contributed by atoms with E-state index in [1.54, 1.807) is 18.3 Å². The Morgan fingerprint density at radius 1 is 1.15 bits per heavy atom. The van der Waals surface area contributed by atoms with Gasteiger partial charge in [0, 0.05) is 47.7 Å². The quantitative estimate of drug-likeness (QED) is 0.428. The van der Waals surface area contributed by atoms with Crippen molar-refractivity contribution < 1.29 is 9.13 Å². The first-order valence-corrected chi connectivity index (χ1v) is 11.4. The first-order chi connectivity index (χ1) is 16.0. The number of ether oxygens (including phenoxy) is 1. The molecule has 1 aromatic carbocycles. The van der Waals surface area contributed by atoms with Gasteiger partial charge in [0.05, 0.1) is 30.1 Å². The molecule has 0 N–H and O–H groups in total. The molecular formula is C24H22ClFN6O. The molecule has 0 bridgehead atoms. The third-order valence-corrected chi connectivity index (χ3v) is 6.36. The Morgan fingerprint density at radius 3 is 2.85 bits per heavy atom. The minimum atomic E-state index is -0.442. The van der Waals surface area contributed by atoms with Gasteiger partial charge in [0.25, 0.3) is 0 Å². The molecule has 0 radical (unpaired) electrons. The molecule has 1 saturated carbocycles. The van der Waals surface area contributed by atoms with Crippen molar-refractivity contribution in [3.8, 4) is 11.3 Å². The van der Waals surface area contributed by atoms with Crippen LogP contribution in [0.2, 0.25) is 5.02 Å². The Labute approximate surface area is 195 Å². The molecule has 1 unspecified atom stereocenters. The molecule has 168 valence electrons. The van der Waals surface area contributed by atoms with Gasteiger partial charge < -0.3 is 9.64 Å². The maximum absolute atomic E-state index is 14.9. The van der Waals surface area contributed by atoms with Gasteiger partial charge in [0.1, 0.15) is 28.9 Å². The number of hydrogen-bond donors (Lipinski definition) is 0. The van der Waals surface area contributed by atoms with Crippen molar-refractivity contribution in [2.45, 2.75) is 31.9 Å². The fourth-order valence-electron chi connectivity index (χ4n) is 4.25. The Morgan fingerprint density at radius 2 is 2.03 bits per heavy atom. The van der Waals surface area contributed by atoms with Crippen molar-refractivity contribution in [1.29, 1.82) is 0 Å². The summed E-state index contributed by atoms with van der Waals surface area (Å²) in [7, 11) is 0. The van der Waals surface area contributed by atoms with E-state index in [9.17, 15) is 4.39 Å². The fourth-order valence-corrected chi connectivity index (χ4v) is 4.41. The summed E-state index contributed by atoms with van der Waals surface area (Å²) in [6, 6.07) is 7.03. The average Bonchev–Trinajstić information content (AvgIpc) is 3.54. The fraction of sp³-hybridized carbons (Fsp3) is 0.333. The molecule has 2 fully saturated rings. The molecule has 1 aliphatic carbocycles. The Kier molecular flexibility index (Phi) is 4.99. The van der Waals surface area contributed by atoms with Crippen molar-refractivity contribution in [2.24, 2.45) is 0 Å². The van der Waals surface area contributed by atoms with Crippen LogP contribution in [0.1, 0.15) is 36.2 Å². The van der Waals surface area contributed by atoms with E-state index in [-0.39, 0.29) is 6.10 Å². The van der Waals surface area contributed by atoms with Crippen LogP contribution in [0.4, 0.5) is 10.2 Å². The van der Waals surface area contributed by atoms with E-state index in [0.29, 0.717) is 53.1 Å². The Hall–Kier alpha value is -3.10. The second-order valence-corrected chi connectivity index (χ2v) is 9.06. The van der Waals surface area contributed by atoms with E-state index in [1.165, 1.54) is 18.9 Å². The van der Waals surface area contributed by atoms with Crippen molar-refractivity contribution in [3.05, 3.63) is 65.0 Å². The number of aryl methyl sites for hydroxylation is 1. The van der Waals surface area contributed by atoms with Gasteiger partial charge in [-0.3, -0.25) is 9.67 Å². The van der Waals surface area contributed by atoms with E-state index in [0.717, 1.165) is 17.1 Å². The molecule has 1 atom stereocenters. The molecule has 33 heavy (non-hydrogen) atoms. The monoisotopic (exact) mass is 464 g/mol. The first kappa shape index (κ1) is 20.5. The van der Waals surface area contributed by atoms with E-state index >= 15 is 0 Å². The van der Waals surface area contributed by atoms with Crippen LogP contribution in [0, 0.1) is 12.7 Å². The van der Waals surface area contributed by atoms with Crippen LogP contribution in [0.25, 0.3) is 22.3 Å². The van der Waals surface area contributed by atoms with Crippen LogP contribution in [0.3, 0.4) is 0 Å². The van der Waals surface area contributed by atoms with E-state index in [1.807, 2.05) is 23.9 Å². The SMILES string of the molecule is Cc1cnc2c(-c3ccc(Cl)cc3F)nc(N3CCOC(c4cnn(C5CC5)c4)C3)cc2n1. The second kappa shape index (κ2) is 8.04. The molecule has 2 aliphatic rings. The number of aromatic nitrogens is 5. The zero-order chi connectivity index (χ0) is 22.5. The lowest BCUT2D eigenvalue weighted by Crippen LogP contribution is -2.38. The number of rotatable bonds is 4. The number of morpholine rings is 1. The van der Waals surface area contributed by atoms with Gasteiger partial charge in [0.2, 0.25) is 0 Å². The van der Waals surface area contributed by atoms with Gasteiger partial charge in [0.15, 0.2) is 0 Å². The number of anilines is 1. The highest BCUT2D eigenvalue weighted by molar-refractivity contribution is 6.30. The minimum Gasteiger partial charge on any atom is -0.370 e. The highest BCUT2D eigenvalue weighted by atomic mass is 35.5. The normalized spacial score (nSPS) is 18.8. The zero-order valence-electron chi connectivity index (χ0n) is 18.1. The van der Waals surface area contributed by atoms with Crippen LogP contribution in [-0.4, -0.2) is 44.4 Å². The van der Waals surface area contributed by atoms with E-state index < -0.39 is 5.82 Å². The number of halogens is 2. The number of fused-ring (bicyclic) bond motifs is 1. The molecule has 7 nitrogen and oxygen atoms in total. The molecule has 1 aliphatic heterocycles. The third-order valence-electron chi connectivity index (χ3n) is 6.13. The van der Waals surface area contributed by atoms with Crippen molar-refractivity contribution >= 4 is 28.5 Å². The number of nitrogens with zero attached hydrogens (tertiary/aromatic N) is 6. The lowest BCUT2D eigenvalue weighted by atomic mass is 10.1. The summed E-state index contributed by atoms with van der Waals surface area (Å²) in [5.74, 6) is 0.276. The Bertz CT molecular complexity index is 1350. The van der Waals surface area contributed by atoms with Crippen molar-refractivity contribution in [1.82, 2.24) is 24.7 Å². The molecule has 1 saturated heterocycles. The van der Waals surface area contributed by atoms with Crippen molar-refractivity contribution in [3.63, 3.8) is 0 Å². The highest BCUT2D eigenvalue weighted by Crippen LogP contribution is 2.36. The number of pyridine rings is 1. The zero-order valence-corrected chi connectivity index (χ0v) is 18.8. The topological polar surface area (TPSA) is 69.0 Å². The lowest BCUT2D eigenvalue weighted by Gasteiger charge is -2.33. The van der Waals surface area contributed by atoms with Crippen LogP contribution in [0.5, 0.6) is 0 Å². The van der Waals surface area contributed by atoms with Gasteiger partial charge in [-0.25, -0.2) is 14.4 Å². The maximum atomic E-state index is 14.9. The van der Waals surface area contributed by atoms with Crippen LogP contribution in [-0.2, 0) is 4.74 Å². The smallest absolute Gasteiger partial charge is 0.134 e. The van der Waals surface area contributed by atoms with Crippen LogP contribution < -0.4 is 4.90 Å². The standard InChI is InChI=1S/C24H22ClFN6O/c1-14-10-27-24-20(29-14)9-22(30-23(24)18-5-2-16(25)8-19(18)26)31-6-7-33-21(13-31)15-11-28-32(12-15)17-3-4-17/h2,5,8-12,17,21H,3-4,6-7,13H2,1H3. The van der Waals surface area contributed by atoms with Gasteiger partial charge in [-0.1, -0.05) is 11.6 Å². The van der Waals surface area contributed by atoms with E-state index in [2.05, 4.69) is 26.2 Å². The Balaban J connectivity index is 1.39. The molecule has 6 rings (SSSR count). The van der Waals surface area contributed by atoms with Crippen molar-refractivity contribution in [2.75, 3.05) is 24.6 Å². The molecule has 9 heteroatoms. The molecule has 0 amide bonds. The predicted molar refractivity (Wildman–Crippen MR) is 124 cm³/mol. The average molecular weight is 465 g/mol. The third kappa shape index (κ3) is 3.94. The van der Waals surface area contributed by atoms with Crippen LogP contribution in [0.15, 0.2) is 42.9 Å². The lowest BCUT2D eigenvalue weighted by molar-refractivity contribution is 0.0395. The second-order valence-electron chi connectivity index (χ2n) is 8.62. The van der Waals surface area contributed by atoms with Gasteiger partial charge >= 0.3 is 0 Å². The summed E-state index contributed by atoms with van der Waals surface area (Å²) in [6.45, 7) is 3.74. The van der Waals surface area contributed by atoms with Gasteiger partial charge in [-0.15, -0.1) is 0 Å². The van der Waals surface area contributed by atoms with Gasteiger partial charge in [-0.05, 0) is 38.0 Å². The summed E-state index contributed by atoms with van der Waals surface area (Å²) in [6.07, 6.45) is 7.91. The molecule has 4 aromatic rings.